The van der Waals surface area contributed by atoms with Crippen LogP contribution in [0.5, 0.6) is 17.5 Å². The first-order valence-electron chi connectivity index (χ1n) is 6.65. The summed E-state index contributed by atoms with van der Waals surface area (Å²) < 4.78 is 54.8. The SMILES string of the molecule is COc1cc(Oc2cccc(F)c2-c2ncc(C(F)F)o2)ncn1. The minimum absolute atomic E-state index is 0.00146. The second kappa shape index (κ2) is 6.57. The fourth-order valence-electron chi connectivity index (χ4n) is 1.90. The highest BCUT2D eigenvalue weighted by molar-refractivity contribution is 5.64. The molecule has 24 heavy (non-hydrogen) atoms. The van der Waals surface area contributed by atoms with Crippen molar-refractivity contribution in [3.05, 3.63) is 48.4 Å². The van der Waals surface area contributed by atoms with Crippen LogP contribution in [0.25, 0.3) is 11.5 Å². The summed E-state index contributed by atoms with van der Waals surface area (Å²) in [4.78, 5) is 11.4. The summed E-state index contributed by atoms with van der Waals surface area (Å²) >= 11 is 0. The Bertz CT molecular complexity index is 855. The van der Waals surface area contributed by atoms with Gasteiger partial charge in [-0.3, -0.25) is 0 Å². The molecule has 0 aliphatic rings. The van der Waals surface area contributed by atoms with Gasteiger partial charge in [-0.25, -0.2) is 28.1 Å². The van der Waals surface area contributed by atoms with Crippen LogP contribution in [-0.4, -0.2) is 22.1 Å². The smallest absolute Gasteiger partial charge is 0.297 e. The van der Waals surface area contributed by atoms with E-state index in [-0.39, 0.29) is 29.0 Å². The molecular weight excluding hydrogens is 327 g/mol. The summed E-state index contributed by atoms with van der Waals surface area (Å²) in [5, 5.41) is 0. The van der Waals surface area contributed by atoms with E-state index in [4.69, 9.17) is 13.9 Å². The summed E-state index contributed by atoms with van der Waals surface area (Å²) in [6, 6.07) is 5.34. The monoisotopic (exact) mass is 337 g/mol. The zero-order valence-electron chi connectivity index (χ0n) is 12.2. The Morgan fingerprint density at radius 1 is 1.12 bits per heavy atom. The zero-order chi connectivity index (χ0) is 17.1. The molecule has 0 bridgehead atoms. The maximum absolute atomic E-state index is 14.2. The maximum Gasteiger partial charge on any atom is 0.297 e. The fraction of sp³-hybridized carbons (Fsp3) is 0.133. The van der Waals surface area contributed by atoms with Crippen LogP contribution in [0.4, 0.5) is 13.2 Å². The zero-order valence-corrected chi connectivity index (χ0v) is 12.2. The van der Waals surface area contributed by atoms with Crippen molar-refractivity contribution in [2.75, 3.05) is 7.11 Å². The van der Waals surface area contributed by atoms with Gasteiger partial charge in [0.1, 0.15) is 23.5 Å². The van der Waals surface area contributed by atoms with E-state index in [0.29, 0.717) is 0 Å². The number of halogens is 3. The molecule has 0 N–H and O–H groups in total. The van der Waals surface area contributed by atoms with Gasteiger partial charge in [-0.05, 0) is 12.1 Å². The Labute approximate surface area is 133 Å². The highest BCUT2D eigenvalue weighted by Gasteiger charge is 2.21. The molecule has 0 radical (unpaired) electrons. The quantitative estimate of drug-likeness (QED) is 0.700. The number of oxazole rings is 1. The van der Waals surface area contributed by atoms with Crippen molar-refractivity contribution in [1.29, 1.82) is 0 Å². The van der Waals surface area contributed by atoms with Crippen LogP contribution in [0.1, 0.15) is 12.2 Å². The van der Waals surface area contributed by atoms with Crippen molar-refractivity contribution >= 4 is 0 Å². The lowest BCUT2D eigenvalue weighted by Crippen LogP contribution is -1.95. The molecule has 3 aromatic rings. The lowest BCUT2D eigenvalue weighted by Gasteiger charge is -2.09. The van der Waals surface area contributed by atoms with Crippen LogP contribution in [0, 0.1) is 5.82 Å². The van der Waals surface area contributed by atoms with Crippen molar-refractivity contribution in [2.24, 2.45) is 0 Å². The fourth-order valence-corrected chi connectivity index (χ4v) is 1.90. The number of ether oxygens (including phenoxy) is 2. The van der Waals surface area contributed by atoms with Gasteiger partial charge in [0.2, 0.25) is 17.7 Å². The average Bonchev–Trinajstić information content (AvgIpc) is 3.05. The first kappa shape index (κ1) is 15.8. The summed E-state index contributed by atoms with van der Waals surface area (Å²) in [7, 11) is 1.42. The van der Waals surface area contributed by atoms with Crippen LogP contribution in [0.3, 0.4) is 0 Å². The van der Waals surface area contributed by atoms with Gasteiger partial charge in [0.25, 0.3) is 6.43 Å². The molecule has 9 heteroatoms. The standard InChI is InChI=1S/C15H10F3N3O3/c1-22-11-5-12(21-7-20-11)23-9-4-2-3-8(16)13(9)15-19-6-10(24-15)14(17)18/h2-7,14H,1H3. The van der Waals surface area contributed by atoms with E-state index < -0.39 is 18.0 Å². The van der Waals surface area contributed by atoms with Crippen molar-refractivity contribution in [3.63, 3.8) is 0 Å². The molecular formula is C15H10F3N3O3. The Hall–Kier alpha value is -3.10. The van der Waals surface area contributed by atoms with E-state index in [2.05, 4.69) is 15.0 Å². The number of hydrogen-bond acceptors (Lipinski definition) is 6. The highest BCUT2D eigenvalue weighted by Crippen LogP contribution is 2.36. The molecule has 0 aliphatic carbocycles. The summed E-state index contributed by atoms with van der Waals surface area (Å²) in [5.41, 5.74) is -0.193. The number of methoxy groups -OCH3 is 1. The van der Waals surface area contributed by atoms with Crippen LogP contribution < -0.4 is 9.47 Å². The largest absolute Gasteiger partial charge is 0.481 e. The lowest BCUT2D eigenvalue weighted by atomic mass is 10.2. The number of rotatable bonds is 5. The molecule has 0 fully saturated rings. The summed E-state index contributed by atoms with van der Waals surface area (Å²) in [5.74, 6) is -1.40. The predicted molar refractivity (Wildman–Crippen MR) is 75.5 cm³/mol. The van der Waals surface area contributed by atoms with Gasteiger partial charge in [0.05, 0.1) is 19.4 Å². The van der Waals surface area contributed by atoms with Gasteiger partial charge < -0.3 is 13.9 Å². The van der Waals surface area contributed by atoms with Gasteiger partial charge in [-0.1, -0.05) is 6.07 Å². The Kier molecular flexibility index (Phi) is 4.32. The van der Waals surface area contributed by atoms with E-state index in [9.17, 15) is 13.2 Å². The molecule has 1 aromatic carbocycles. The lowest BCUT2D eigenvalue weighted by molar-refractivity contribution is 0.122. The van der Waals surface area contributed by atoms with Gasteiger partial charge in [0.15, 0.2) is 5.76 Å². The Morgan fingerprint density at radius 3 is 2.62 bits per heavy atom. The molecule has 2 heterocycles. The number of benzene rings is 1. The maximum atomic E-state index is 14.2. The molecule has 2 aromatic heterocycles. The number of aromatic nitrogens is 3. The Morgan fingerprint density at radius 2 is 1.92 bits per heavy atom. The predicted octanol–water partition coefficient (Wildman–Crippen LogP) is 4.01. The third-order valence-corrected chi connectivity index (χ3v) is 2.97. The second-order valence-corrected chi connectivity index (χ2v) is 4.48. The third-order valence-electron chi connectivity index (χ3n) is 2.97. The van der Waals surface area contributed by atoms with Gasteiger partial charge >= 0.3 is 0 Å². The number of nitrogens with zero attached hydrogens (tertiary/aromatic N) is 3. The molecule has 0 amide bonds. The minimum Gasteiger partial charge on any atom is -0.481 e. The molecule has 0 atom stereocenters. The molecule has 3 rings (SSSR count). The number of hydrogen-bond donors (Lipinski definition) is 0. The molecule has 0 saturated heterocycles. The minimum atomic E-state index is -2.85. The molecule has 0 aliphatic heterocycles. The van der Waals surface area contributed by atoms with E-state index in [1.54, 1.807) is 0 Å². The number of alkyl halides is 2. The highest BCUT2D eigenvalue weighted by atomic mass is 19.3. The summed E-state index contributed by atoms with van der Waals surface area (Å²) in [6.45, 7) is 0. The van der Waals surface area contributed by atoms with Crippen molar-refractivity contribution in [2.45, 2.75) is 6.43 Å². The van der Waals surface area contributed by atoms with Gasteiger partial charge in [-0.2, -0.15) is 0 Å². The van der Waals surface area contributed by atoms with E-state index >= 15 is 0 Å². The van der Waals surface area contributed by atoms with Gasteiger partial charge in [-0.15, -0.1) is 0 Å². The first-order valence-corrected chi connectivity index (χ1v) is 6.65. The van der Waals surface area contributed by atoms with E-state index in [1.165, 1.54) is 31.6 Å². The molecule has 124 valence electrons. The normalized spacial score (nSPS) is 10.9. The van der Waals surface area contributed by atoms with Gasteiger partial charge in [0, 0.05) is 0 Å². The van der Waals surface area contributed by atoms with Crippen molar-refractivity contribution < 1.29 is 27.1 Å². The van der Waals surface area contributed by atoms with Crippen molar-refractivity contribution in [1.82, 2.24) is 15.0 Å². The third kappa shape index (κ3) is 3.14. The molecule has 0 unspecified atom stereocenters. The molecule has 0 spiro atoms. The van der Waals surface area contributed by atoms with Crippen LogP contribution in [0.15, 0.2) is 41.2 Å². The van der Waals surface area contributed by atoms with E-state index in [1.807, 2.05) is 0 Å². The van der Waals surface area contributed by atoms with Crippen LogP contribution in [0.2, 0.25) is 0 Å². The first-order chi connectivity index (χ1) is 11.6. The average molecular weight is 337 g/mol. The topological polar surface area (TPSA) is 70.3 Å². The molecule has 0 saturated carbocycles. The van der Waals surface area contributed by atoms with Crippen molar-refractivity contribution in [3.8, 4) is 29.0 Å². The van der Waals surface area contributed by atoms with Crippen LogP contribution >= 0.6 is 0 Å². The molecule has 6 nitrogen and oxygen atoms in total. The Balaban J connectivity index is 2.00. The van der Waals surface area contributed by atoms with Crippen LogP contribution in [-0.2, 0) is 0 Å². The summed E-state index contributed by atoms with van der Waals surface area (Å²) in [6.07, 6.45) is -0.814. The van der Waals surface area contributed by atoms with E-state index in [0.717, 1.165) is 12.3 Å². The second-order valence-electron chi connectivity index (χ2n) is 4.48.